The molecular formula is C19H25NO3S. The highest BCUT2D eigenvalue weighted by Crippen LogP contribution is 2.30. The van der Waals surface area contributed by atoms with Crippen molar-refractivity contribution >= 4 is 9.84 Å². The van der Waals surface area contributed by atoms with Gasteiger partial charge in [0.15, 0.2) is 0 Å². The average molecular weight is 347 g/mol. The zero-order valence-electron chi connectivity index (χ0n) is 14.7. The fourth-order valence-electron chi connectivity index (χ4n) is 2.58. The summed E-state index contributed by atoms with van der Waals surface area (Å²) < 4.78 is 28.1. The van der Waals surface area contributed by atoms with Crippen LogP contribution in [-0.2, 0) is 9.84 Å². The molecule has 0 saturated heterocycles. The van der Waals surface area contributed by atoms with E-state index in [2.05, 4.69) is 36.1 Å². The molecule has 0 aliphatic rings. The van der Waals surface area contributed by atoms with Gasteiger partial charge in [-0.3, -0.25) is 4.90 Å². The largest absolute Gasteiger partial charge is 0.496 e. The molecule has 4 nitrogen and oxygen atoms in total. The number of methoxy groups -OCH3 is 1. The summed E-state index contributed by atoms with van der Waals surface area (Å²) >= 11 is 0. The summed E-state index contributed by atoms with van der Waals surface area (Å²) in [6.07, 6.45) is 1.27. The number of nitrogens with zero attached hydrogens (tertiary/aromatic N) is 1. The van der Waals surface area contributed by atoms with E-state index in [0.717, 1.165) is 22.4 Å². The van der Waals surface area contributed by atoms with Crippen LogP contribution in [0.15, 0.2) is 48.5 Å². The highest BCUT2D eigenvalue weighted by atomic mass is 32.2. The third kappa shape index (κ3) is 4.82. The first kappa shape index (κ1) is 18.5. The molecule has 0 aromatic heterocycles. The van der Waals surface area contributed by atoms with Gasteiger partial charge in [-0.2, -0.15) is 0 Å². The lowest BCUT2D eigenvalue weighted by Crippen LogP contribution is -2.28. The lowest BCUT2D eigenvalue weighted by atomic mass is 10.0. The van der Waals surface area contributed by atoms with Crippen LogP contribution in [0.2, 0.25) is 0 Å². The van der Waals surface area contributed by atoms with Crippen molar-refractivity contribution in [2.75, 3.05) is 32.7 Å². The first-order valence-electron chi connectivity index (χ1n) is 7.93. The Morgan fingerprint density at radius 2 is 1.71 bits per heavy atom. The lowest BCUT2D eigenvalue weighted by Gasteiger charge is -2.25. The molecule has 5 heteroatoms. The van der Waals surface area contributed by atoms with Crippen LogP contribution < -0.4 is 4.74 Å². The molecule has 24 heavy (non-hydrogen) atoms. The highest BCUT2D eigenvalue weighted by molar-refractivity contribution is 7.90. The van der Waals surface area contributed by atoms with Crippen LogP contribution in [0.5, 0.6) is 5.75 Å². The van der Waals surface area contributed by atoms with E-state index in [1.807, 2.05) is 31.3 Å². The number of rotatable bonds is 7. The second kappa shape index (κ2) is 7.81. The van der Waals surface area contributed by atoms with Crippen LogP contribution >= 0.6 is 0 Å². The predicted octanol–water partition coefficient (Wildman–Crippen LogP) is 3.40. The number of benzene rings is 2. The number of sulfone groups is 1. The van der Waals surface area contributed by atoms with Crippen molar-refractivity contribution in [1.29, 1.82) is 0 Å². The molecule has 0 aliphatic heterocycles. The Morgan fingerprint density at radius 1 is 1.08 bits per heavy atom. The molecule has 0 spiro atoms. The summed E-state index contributed by atoms with van der Waals surface area (Å²) in [7, 11) is 0.680. The molecule has 0 aliphatic carbocycles. The van der Waals surface area contributed by atoms with Gasteiger partial charge in [0.05, 0.1) is 12.9 Å². The van der Waals surface area contributed by atoms with Crippen LogP contribution in [0, 0.1) is 0 Å². The van der Waals surface area contributed by atoms with Gasteiger partial charge < -0.3 is 4.74 Å². The molecular weight excluding hydrogens is 322 g/mol. The maximum absolute atomic E-state index is 11.3. The fourth-order valence-corrected chi connectivity index (χ4v) is 3.20. The monoisotopic (exact) mass is 347 g/mol. The quantitative estimate of drug-likeness (QED) is 0.770. The van der Waals surface area contributed by atoms with E-state index in [9.17, 15) is 8.42 Å². The second-order valence-corrected chi connectivity index (χ2v) is 8.37. The molecule has 2 aromatic carbocycles. The molecule has 0 heterocycles. The third-order valence-electron chi connectivity index (χ3n) is 4.29. The highest BCUT2D eigenvalue weighted by Gasteiger charge is 2.14. The fraction of sp³-hybridized carbons (Fsp3) is 0.368. The van der Waals surface area contributed by atoms with E-state index < -0.39 is 9.84 Å². The summed E-state index contributed by atoms with van der Waals surface area (Å²) in [4.78, 5) is 2.05. The summed E-state index contributed by atoms with van der Waals surface area (Å²) in [5.41, 5.74) is 3.32. The number of ether oxygens (including phenoxy) is 1. The standard InChI is InChI=1S/C19H25NO3S/c1-15(20(2)13-14-24(4,21)22)16-9-11-17(12-10-16)18-7-5-6-8-19(18)23-3/h5-12,15H,13-14H2,1-4H3/t15-/m1/s1. The number of para-hydroxylation sites is 1. The van der Waals surface area contributed by atoms with E-state index in [-0.39, 0.29) is 11.8 Å². The lowest BCUT2D eigenvalue weighted by molar-refractivity contribution is 0.277. The van der Waals surface area contributed by atoms with Gasteiger partial charge in [0.2, 0.25) is 0 Å². The minimum atomic E-state index is -2.94. The van der Waals surface area contributed by atoms with Crippen molar-refractivity contribution in [2.45, 2.75) is 13.0 Å². The van der Waals surface area contributed by atoms with Gasteiger partial charge in [-0.1, -0.05) is 42.5 Å². The first-order valence-corrected chi connectivity index (χ1v) is 9.99. The Bertz CT molecular complexity index is 769. The smallest absolute Gasteiger partial charge is 0.148 e. The van der Waals surface area contributed by atoms with E-state index >= 15 is 0 Å². The molecule has 0 bridgehead atoms. The second-order valence-electron chi connectivity index (χ2n) is 6.11. The molecule has 130 valence electrons. The van der Waals surface area contributed by atoms with Gasteiger partial charge in [0.25, 0.3) is 0 Å². The van der Waals surface area contributed by atoms with Crippen molar-refractivity contribution in [3.63, 3.8) is 0 Å². The normalized spacial score (nSPS) is 13.0. The maximum atomic E-state index is 11.3. The topological polar surface area (TPSA) is 46.6 Å². The predicted molar refractivity (Wildman–Crippen MR) is 99.2 cm³/mol. The Hall–Kier alpha value is -1.85. The Kier molecular flexibility index (Phi) is 6.02. The zero-order valence-corrected chi connectivity index (χ0v) is 15.5. The van der Waals surface area contributed by atoms with Gasteiger partial charge in [0.1, 0.15) is 15.6 Å². The molecule has 0 N–H and O–H groups in total. The zero-order chi connectivity index (χ0) is 17.7. The molecule has 0 amide bonds. The minimum Gasteiger partial charge on any atom is -0.496 e. The van der Waals surface area contributed by atoms with E-state index in [0.29, 0.717) is 6.54 Å². The van der Waals surface area contributed by atoms with E-state index in [4.69, 9.17) is 4.74 Å². The van der Waals surface area contributed by atoms with E-state index in [1.54, 1.807) is 7.11 Å². The molecule has 0 fully saturated rings. The van der Waals surface area contributed by atoms with Gasteiger partial charge in [-0.25, -0.2) is 8.42 Å². The third-order valence-corrected chi connectivity index (χ3v) is 5.21. The van der Waals surface area contributed by atoms with Crippen molar-refractivity contribution in [3.05, 3.63) is 54.1 Å². The summed E-state index contributed by atoms with van der Waals surface area (Å²) in [6, 6.07) is 16.4. The van der Waals surface area contributed by atoms with Crippen LogP contribution in [0.25, 0.3) is 11.1 Å². The van der Waals surface area contributed by atoms with Crippen LogP contribution in [0.4, 0.5) is 0 Å². The maximum Gasteiger partial charge on any atom is 0.148 e. The van der Waals surface area contributed by atoms with Gasteiger partial charge >= 0.3 is 0 Å². The molecule has 0 saturated carbocycles. The van der Waals surface area contributed by atoms with Crippen molar-refractivity contribution in [2.24, 2.45) is 0 Å². The minimum absolute atomic E-state index is 0.151. The van der Waals surface area contributed by atoms with E-state index in [1.165, 1.54) is 6.26 Å². The Labute approximate surface area is 145 Å². The Balaban J connectivity index is 2.14. The molecule has 2 aromatic rings. The number of hydrogen-bond donors (Lipinski definition) is 0. The van der Waals surface area contributed by atoms with Crippen LogP contribution in [0.1, 0.15) is 18.5 Å². The summed E-state index contributed by atoms with van der Waals surface area (Å²) in [6.45, 7) is 2.61. The molecule has 1 atom stereocenters. The van der Waals surface area contributed by atoms with Crippen molar-refractivity contribution in [3.8, 4) is 16.9 Å². The average Bonchev–Trinajstić information content (AvgIpc) is 2.58. The van der Waals surface area contributed by atoms with Gasteiger partial charge in [-0.05, 0) is 31.2 Å². The Morgan fingerprint density at radius 3 is 2.29 bits per heavy atom. The summed E-state index contributed by atoms with van der Waals surface area (Å²) in [5.74, 6) is 1.02. The van der Waals surface area contributed by atoms with Crippen LogP contribution in [-0.4, -0.2) is 46.0 Å². The van der Waals surface area contributed by atoms with Crippen LogP contribution in [0.3, 0.4) is 0 Å². The molecule has 0 unspecified atom stereocenters. The van der Waals surface area contributed by atoms with Gasteiger partial charge in [0, 0.05) is 24.4 Å². The molecule has 0 radical (unpaired) electrons. The number of hydrogen-bond acceptors (Lipinski definition) is 4. The SMILES string of the molecule is COc1ccccc1-c1ccc([C@@H](C)N(C)CCS(C)(=O)=O)cc1. The van der Waals surface area contributed by atoms with Crippen molar-refractivity contribution < 1.29 is 13.2 Å². The molecule has 2 rings (SSSR count). The van der Waals surface area contributed by atoms with Gasteiger partial charge in [-0.15, -0.1) is 0 Å². The summed E-state index contributed by atoms with van der Waals surface area (Å²) in [5, 5.41) is 0. The first-order chi connectivity index (χ1) is 11.3. The van der Waals surface area contributed by atoms with Crippen molar-refractivity contribution in [1.82, 2.24) is 4.90 Å².